The lowest BCUT2D eigenvalue weighted by molar-refractivity contribution is -0.420. The summed E-state index contributed by atoms with van der Waals surface area (Å²) in [7, 11) is 0. The molecule has 0 spiro atoms. The Balaban J connectivity index is 4.36. The van der Waals surface area contributed by atoms with Crippen LogP contribution in [0.1, 0.15) is 26.7 Å². The van der Waals surface area contributed by atoms with Gasteiger partial charge in [-0.3, -0.25) is 14.4 Å². The van der Waals surface area contributed by atoms with E-state index in [1.54, 1.807) is 0 Å². The first-order valence-electron chi connectivity index (χ1n) is 4.63. The summed E-state index contributed by atoms with van der Waals surface area (Å²) in [6.45, 7) is 2.60. The zero-order chi connectivity index (χ0) is 12.0. The highest BCUT2D eigenvalue weighted by Gasteiger charge is 2.28. The fourth-order valence-electron chi connectivity index (χ4n) is 1.10. The van der Waals surface area contributed by atoms with Crippen molar-refractivity contribution in [2.45, 2.75) is 38.8 Å². The fourth-order valence-corrected chi connectivity index (χ4v) is 1.10. The number of hydrogen-bond acceptors (Lipinski definition) is 4. The molecule has 0 aliphatic heterocycles. The molecule has 0 aromatic carbocycles. The Labute approximate surface area is 87.9 Å². The molecule has 0 fully saturated rings. The molecule has 6 nitrogen and oxygen atoms in total. The highest BCUT2D eigenvalue weighted by Crippen LogP contribution is 2.06. The van der Waals surface area contributed by atoms with E-state index in [0.29, 0.717) is 0 Å². The molecule has 1 amide bonds. The average Bonchev–Trinajstić information content (AvgIpc) is 2.10. The lowest BCUT2D eigenvalue weighted by atomic mass is 10.0. The molecule has 0 rings (SSSR count). The third kappa shape index (κ3) is 5.79. The number of quaternary nitrogens is 1. The van der Waals surface area contributed by atoms with Crippen molar-refractivity contribution in [3.8, 4) is 0 Å². The van der Waals surface area contributed by atoms with Crippen LogP contribution in [0.15, 0.2) is 0 Å². The number of primary amides is 1. The molecular formula is C9H17N2O4+. The van der Waals surface area contributed by atoms with Crippen LogP contribution in [-0.2, 0) is 19.1 Å². The molecule has 2 atom stereocenters. The second-order valence-corrected chi connectivity index (χ2v) is 3.37. The maximum absolute atomic E-state index is 11.0. The lowest BCUT2D eigenvalue weighted by Gasteiger charge is -2.18. The predicted octanol–water partition coefficient (Wildman–Crippen LogP) is -1.62. The maximum Gasteiger partial charge on any atom is 0.303 e. The Kier molecular flexibility index (Phi) is 5.54. The van der Waals surface area contributed by atoms with E-state index in [1.165, 1.54) is 13.8 Å². The first kappa shape index (κ1) is 13.6. The summed E-state index contributed by atoms with van der Waals surface area (Å²) in [5, 5.41) is 0. The van der Waals surface area contributed by atoms with Gasteiger partial charge in [-0.1, -0.05) is 0 Å². The number of Topliss-reactive ketones (excluding diaryl/α,β-unsaturated/α-hetero) is 1. The molecule has 86 valence electrons. The monoisotopic (exact) mass is 217 g/mol. The molecule has 5 N–H and O–H groups in total. The van der Waals surface area contributed by atoms with Crippen LogP contribution in [0, 0.1) is 0 Å². The van der Waals surface area contributed by atoms with E-state index in [2.05, 4.69) is 5.73 Å². The van der Waals surface area contributed by atoms with E-state index in [9.17, 15) is 14.4 Å². The number of esters is 1. The number of amides is 1. The van der Waals surface area contributed by atoms with Gasteiger partial charge in [0.15, 0.2) is 17.9 Å². The standard InChI is InChI=1S/C9H16N2O4/c1-5(12)9(11)7(15-6(2)13)3-4-8(10)14/h7,9H,3-4,11H2,1-2H3,(H2,10,14)/p+1. The van der Waals surface area contributed by atoms with E-state index in [1.807, 2.05) is 0 Å². The summed E-state index contributed by atoms with van der Waals surface area (Å²) < 4.78 is 4.89. The zero-order valence-electron chi connectivity index (χ0n) is 8.99. The van der Waals surface area contributed by atoms with Crippen LogP contribution in [0.4, 0.5) is 0 Å². The van der Waals surface area contributed by atoms with Crippen LogP contribution in [0.2, 0.25) is 0 Å². The summed E-state index contributed by atoms with van der Waals surface area (Å²) in [4.78, 5) is 32.3. The van der Waals surface area contributed by atoms with Crippen molar-refractivity contribution in [1.82, 2.24) is 0 Å². The predicted molar refractivity (Wildman–Crippen MR) is 51.3 cm³/mol. The van der Waals surface area contributed by atoms with Crippen molar-refractivity contribution >= 4 is 17.7 Å². The molecule has 0 radical (unpaired) electrons. The molecule has 0 aliphatic carbocycles. The summed E-state index contributed by atoms with van der Waals surface area (Å²) >= 11 is 0. The van der Waals surface area contributed by atoms with Gasteiger partial charge in [-0.2, -0.15) is 0 Å². The average molecular weight is 217 g/mol. The molecule has 2 unspecified atom stereocenters. The Morgan fingerprint density at radius 3 is 2.20 bits per heavy atom. The van der Waals surface area contributed by atoms with Gasteiger partial charge >= 0.3 is 5.97 Å². The van der Waals surface area contributed by atoms with Gasteiger partial charge in [0.05, 0.1) is 0 Å². The number of carbonyl (C=O) groups excluding carboxylic acids is 3. The minimum absolute atomic E-state index is 0.0667. The van der Waals surface area contributed by atoms with Gasteiger partial charge in [-0.15, -0.1) is 0 Å². The van der Waals surface area contributed by atoms with Gasteiger partial charge in [0.2, 0.25) is 5.91 Å². The number of rotatable bonds is 6. The van der Waals surface area contributed by atoms with E-state index in [-0.39, 0.29) is 18.6 Å². The van der Waals surface area contributed by atoms with Crippen LogP contribution in [-0.4, -0.2) is 29.8 Å². The number of ether oxygens (including phenoxy) is 1. The zero-order valence-corrected chi connectivity index (χ0v) is 8.99. The Morgan fingerprint density at radius 1 is 1.33 bits per heavy atom. The van der Waals surface area contributed by atoms with Crippen LogP contribution < -0.4 is 11.5 Å². The van der Waals surface area contributed by atoms with Gasteiger partial charge in [0.25, 0.3) is 0 Å². The highest BCUT2D eigenvalue weighted by molar-refractivity contribution is 5.81. The fraction of sp³-hybridized carbons (Fsp3) is 0.667. The molecule has 0 saturated carbocycles. The molecule has 0 heterocycles. The van der Waals surface area contributed by atoms with Crippen molar-refractivity contribution in [3.05, 3.63) is 0 Å². The Morgan fingerprint density at radius 2 is 1.87 bits per heavy atom. The Bertz CT molecular complexity index is 265. The van der Waals surface area contributed by atoms with E-state index in [4.69, 9.17) is 10.5 Å². The lowest BCUT2D eigenvalue weighted by Crippen LogP contribution is -2.70. The number of nitrogens with two attached hydrogens (primary N) is 1. The van der Waals surface area contributed by atoms with Gasteiger partial charge < -0.3 is 16.2 Å². The molecule has 15 heavy (non-hydrogen) atoms. The molecule has 0 saturated heterocycles. The largest absolute Gasteiger partial charge is 0.456 e. The van der Waals surface area contributed by atoms with E-state index in [0.717, 1.165) is 0 Å². The highest BCUT2D eigenvalue weighted by atomic mass is 16.5. The van der Waals surface area contributed by atoms with Crippen molar-refractivity contribution in [2.75, 3.05) is 0 Å². The van der Waals surface area contributed by atoms with E-state index < -0.39 is 24.0 Å². The van der Waals surface area contributed by atoms with Gasteiger partial charge in [0, 0.05) is 20.3 Å². The summed E-state index contributed by atoms with van der Waals surface area (Å²) in [6.07, 6.45) is -0.382. The third-order valence-corrected chi connectivity index (χ3v) is 1.96. The van der Waals surface area contributed by atoms with Crippen molar-refractivity contribution < 1.29 is 24.9 Å². The van der Waals surface area contributed by atoms with Gasteiger partial charge in [-0.05, 0) is 6.42 Å². The van der Waals surface area contributed by atoms with Crippen LogP contribution in [0.5, 0.6) is 0 Å². The SMILES string of the molecule is CC(=O)OC(CCC(N)=O)C([NH3+])C(C)=O. The van der Waals surface area contributed by atoms with E-state index >= 15 is 0 Å². The van der Waals surface area contributed by atoms with Crippen LogP contribution in [0.3, 0.4) is 0 Å². The minimum Gasteiger partial charge on any atom is -0.456 e. The summed E-state index contributed by atoms with van der Waals surface area (Å²) in [6, 6.07) is -0.659. The van der Waals surface area contributed by atoms with Crippen molar-refractivity contribution in [3.63, 3.8) is 0 Å². The molecular weight excluding hydrogens is 200 g/mol. The van der Waals surface area contributed by atoms with Gasteiger partial charge in [-0.25, -0.2) is 0 Å². The molecule has 0 bridgehead atoms. The Hall–Kier alpha value is -1.43. The van der Waals surface area contributed by atoms with Crippen LogP contribution >= 0.6 is 0 Å². The topological polar surface area (TPSA) is 114 Å². The maximum atomic E-state index is 11.0. The summed E-state index contributed by atoms with van der Waals surface area (Å²) in [5.41, 5.74) is 8.55. The first-order valence-corrected chi connectivity index (χ1v) is 4.63. The number of carbonyl (C=O) groups is 3. The second kappa shape index (κ2) is 6.13. The number of hydrogen-bond donors (Lipinski definition) is 2. The third-order valence-electron chi connectivity index (χ3n) is 1.96. The quantitative estimate of drug-likeness (QED) is 0.520. The first-order chi connectivity index (χ1) is 6.84. The molecule has 6 heteroatoms. The van der Waals surface area contributed by atoms with Gasteiger partial charge in [0.1, 0.15) is 0 Å². The minimum atomic E-state index is -0.674. The van der Waals surface area contributed by atoms with Crippen molar-refractivity contribution in [1.29, 1.82) is 0 Å². The molecule has 0 aromatic heterocycles. The van der Waals surface area contributed by atoms with Crippen LogP contribution in [0.25, 0.3) is 0 Å². The smallest absolute Gasteiger partial charge is 0.303 e. The van der Waals surface area contributed by atoms with Crippen molar-refractivity contribution in [2.24, 2.45) is 5.73 Å². The second-order valence-electron chi connectivity index (χ2n) is 3.37. The number of ketones is 1. The molecule has 0 aromatic rings. The summed E-state index contributed by atoms with van der Waals surface area (Å²) in [5.74, 6) is -1.19. The molecule has 0 aliphatic rings. The normalized spacial score (nSPS) is 14.1.